The van der Waals surface area contributed by atoms with Crippen molar-refractivity contribution in [1.82, 2.24) is 4.90 Å². The van der Waals surface area contributed by atoms with Gasteiger partial charge < -0.3 is 10.6 Å². The summed E-state index contributed by atoms with van der Waals surface area (Å²) >= 11 is 6.00. The number of amides is 2. The summed E-state index contributed by atoms with van der Waals surface area (Å²) in [5.74, 6) is -0.402. The van der Waals surface area contributed by atoms with Crippen molar-refractivity contribution < 1.29 is 9.59 Å². The number of carbonyl (C=O) groups excluding carboxylic acids is 2. The topological polar surface area (TPSA) is 61.4 Å². The number of aryl methyl sites for hydroxylation is 1. The lowest BCUT2D eigenvalue weighted by atomic mass is 10.2. The summed E-state index contributed by atoms with van der Waals surface area (Å²) in [5, 5.41) is 6.00. The minimum absolute atomic E-state index is 0.0898. The third-order valence-electron chi connectivity index (χ3n) is 3.31. The summed E-state index contributed by atoms with van der Waals surface area (Å²) in [6.45, 7) is 2.19. The van der Waals surface area contributed by atoms with Gasteiger partial charge in [-0.25, -0.2) is 0 Å². The number of nitrogens with one attached hydrogen (secondary N) is 2. The monoisotopic (exact) mass is 345 g/mol. The van der Waals surface area contributed by atoms with Gasteiger partial charge in [-0.15, -0.1) is 0 Å². The number of para-hydroxylation sites is 1. The zero-order chi connectivity index (χ0) is 17.5. The van der Waals surface area contributed by atoms with Crippen LogP contribution >= 0.6 is 11.6 Å². The van der Waals surface area contributed by atoms with Crippen LogP contribution in [0.2, 0.25) is 5.02 Å². The zero-order valence-electron chi connectivity index (χ0n) is 13.7. The smallest absolute Gasteiger partial charge is 0.238 e. The van der Waals surface area contributed by atoms with Crippen molar-refractivity contribution in [1.29, 1.82) is 0 Å². The van der Waals surface area contributed by atoms with Gasteiger partial charge in [-0.3, -0.25) is 14.5 Å². The highest BCUT2D eigenvalue weighted by Crippen LogP contribution is 2.20. The highest BCUT2D eigenvalue weighted by molar-refractivity contribution is 6.33. The van der Waals surface area contributed by atoms with Crippen LogP contribution in [0.3, 0.4) is 0 Å². The second kappa shape index (κ2) is 8.47. The molecule has 0 fully saturated rings. The van der Waals surface area contributed by atoms with Gasteiger partial charge in [-0.2, -0.15) is 0 Å². The summed E-state index contributed by atoms with van der Waals surface area (Å²) in [6, 6.07) is 14.6. The molecule has 0 aliphatic rings. The Labute approximate surface area is 146 Å². The number of halogens is 1. The molecule has 2 aromatic carbocycles. The minimum atomic E-state index is -0.228. The largest absolute Gasteiger partial charge is 0.325 e. The van der Waals surface area contributed by atoms with Crippen LogP contribution in [0.15, 0.2) is 48.5 Å². The first-order valence-corrected chi connectivity index (χ1v) is 7.91. The molecule has 0 radical (unpaired) electrons. The van der Waals surface area contributed by atoms with Crippen LogP contribution in [0.1, 0.15) is 5.56 Å². The SMILES string of the molecule is Cc1ccc(NC(=O)CN(C)CC(=O)Nc2ccccc2Cl)cc1. The highest BCUT2D eigenvalue weighted by Gasteiger charge is 2.12. The van der Waals surface area contributed by atoms with E-state index in [1.165, 1.54) is 0 Å². The van der Waals surface area contributed by atoms with Gasteiger partial charge in [0.15, 0.2) is 0 Å². The molecule has 0 heterocycles. The number of hydrogen-bond donors (Lipinski definition) is 2. The zero-order valence-corrected chi connectivity index (χ0v) is 14.4. The number of benzene rings is 2. The lowest BCUT2D eigenvalue weighted by Gasteiger charge is -2.16. The lowest BCUT2D eigenvalue weighted by molar-refractivity contribution is -0.119. The fraction of sp³-hybridized carbons (Fsp3) is 0.222. The van der Waals surface area contributed by atoms with Crippen molar-refractivity contribution >= 4 is 34.8 Å². The van der Waals surface area contributed by atoms with Crippen LogP contribution in [0.25, 0.3) is 0 Å². The Morgan fingerprint density at radius 1 is 0.958 bits per heavy atom. The van der Waals surface area contributed by atoms with E-state index in [1.807, 2.05) is 31.2 Å². The molecule has 0 aliphatic carbocycles. The number of nitrogens with zero attached hydrogens (tertiary/aromatic N) is 1. The van der Waals surface area contributed by atoms with Crippen LogP contribution in [0.5, 0.6) is 0 Å². The average molecular weight is 346 g/mol. The maximum atomic E-state index is 12.0. The van der Waals surface area contributed by atoms with Crippen LogP contribution in [-0.2, 0) is 9.59 Å². The van der Waals surface area contributed by atoms with Crippen LogP contribution in [-0.4, -0.2) is 36.9 Å². The number of likely N-dealkylation sites (N-methyl/N-ethyl adjacent to an activating group) is 1. The molecule has 2 amide bonds. The summed E-state index contributed by atoms with van der Waals surface area (Å²) in [7, 11) is 1.71. The van der Waals surface area contributed by atoms with E-state index >= 15 is 0 Å². The van der Waals surface area contributed by atoms with Crippen LogP contribution in [0, 0.1) is 6.92 Å². The van der Waals surface area contributed by atoms with E-state index in [2.05, 4.69) is 10.6 Å². The van der Waals surface area contributed by atoms with Crippen molar-refractivity contribution in [2.45, 2.75) is 6.92 Å². The van der Waals surface area contributed by atoms with Gasteiger partial charge in [0.05, 0.1) is 23.8 Å². The standard InChI is InChI=1S/C18H20ClN3O2/c1-13-7-9-14(10-8-13)20-17(23)11-22(2)12-18(24)21-16-6-4-3-5-15(16)19/h3-10H,11-12H2,1-2H3,(H,20,23)(H,21,24). The maximum absolute atomic E-state index is 12.0. The first kappa shape index (κ1) is 18.0. The Bertz CT molecular complexity index is 716. The number of rotatable bonds is 6. The molecule has 126 valence electrons. The van der Waals surface area contributed by atoms with Crippen molar-refractivity contribution in [3.05, 3.63) is 59.1 Å². The minimum Gasteiger partial charge on any atom is -0.325 e. The molecule has 2 aromatic rings. The average Bonchev–Trinajstić information content (AvgIpc) is 2.51. The second-order valence-electron chi connectivity index (χ2n) is 5.61. The van der Waals surface area contributed by atoms with E-state index in [0.717, 1.165) is 11.3 Å². The lowest BCUT2D eigenvalue weighted by Crippen LogP contribution is -2.36. The van der Waals surface area contributed by atoms with Gasteiger partial charge in [-0.05, 0) is 38.2 Å². The Hall–Kier alpha value is -2.37. The molecule has 0 aliphatic heterocycles. The van der Waals surface area contributed by atoms with E-state index in [0.29, 0.717) is 10.7 Å². The molecule has 0 spiro atoms. The highest BCUT2D eigenvalue weighted by atomic mass is 35.5. The summed E-state index contributed by atoms with van der Waals surface area (Å²) in [6.07, 6.45) is 0. The van der Waals surface area contributed by atoms with E-state index in [1.54, 1.807) is 36.2 Å². The van der Waals surface area contributed by atoms with Crippen molar-refractivity contribution in [2.75, 3.05) is 30.8 Å². The Morgan fingerprint density at radius 2 is 1.54 bits per heavy atom. The fourth-order valence-corrected chi connectivity index (χ4v) is 2.32. The van der Waals surface area contributed by atoms with Gasteiger partial charge in [-0.1, -0.05) is 41.4 Å². The third-order valence-corrected chi connectivity index (χ3v) is 3.64. The molecule has 0 atom stereocenters. The van der Waals surface area contributed by atoms with Gasteiger partial charge in [0.1, 0.15) is 0 Å². The molecule has 0 saturated carbocycles. The van der Waals surface area contributed by atoms with E-state index in [9.17, 15) is 9.59 Å². The predicted octanol–water partition coefficient (Wildman–Crippen LogP) is 3.16. The number of anilines is 2. The first-order chi connectivity index (χ1) is 11.4. The Morgan fingerprint density at radius 3 is 2.17 bits per heavy atom. The van der Waals surface area contributed by atoms with Gasteiger partial charge in [0, 0.05) is 5.69 Å². The quantitative estimate of drug-likeness (QED) is 0.845. The van der Waals surface area contributed by atoms with Gasteiger partial charge in [0.25, 0.3) is 0 Å². The van der Waals surface area contributed by atoms with Crippen molar-refractivity contribution in [3.8, 4) is 0 Å². The first-order valence-electron chi connectivity index (χ1n) is 7.53. The van der Waals surface area contributed by atoms with Crippen molar-refractivity contribution in [3.63, 3.8) is 0 Å². The molecule has 5 nitrogen and oxygen atoms in total. The molecule has 0 saturated heterocycles. The predicted molar refractivity (Wildman–Crippen MR) is 97.4 cm³/mol. The van der Waals surface area contributed by atoms with Gasteiger partial charge in [0.2, 0.25) is 11.8 Å². The van der Waals surface area contributed by atoms with Crippen LogP contribution < -0.4 is 10.6 Å². The number of carbonyl (C=O) groups is 2. The van der Waals surface area contributed by atoms with Crippen molar-refractivity contribution in [2.24, 2.45) is 0 Å². The van der Waals surface area contributed by atoms with E-state index in [-0.39, 0.29) is 24.9 Å². The molecule has 2 N–H and O–H groups in total. The molecule has 2 rings (SSSR count). The summed E-state index contributed by atoms with van der Waals surface area (Å²) < 4.78 is 0. The summed E-state index contributed by atoms with van der Waals surface area (Å²) in [4.78, 5) is 25.6. The Kier molecular flexibility index (Phi) is 6.35. The molecule has 24 heavy (non-hydrogen) atoms. The molecule has 0 unspecified atom stereocenters. The third kappa shape index (κ3) is 5.68. The Balaban J connectivity index is 1.80. The van der Waals surface area contributed by atoms with Crippen LogP contribution in [0.4, 0.5) is 11.4 Å². The number of hydrogen-bond acceptors (Lipinski definition) is 3. The normalized spacial score (nSPS) is 10.5. The molecular weight excluding hydrogens is 326 g/mol. The molecule has 0 aromatic heterocycles. The molecule has 6 heteroatoms. The second-order valence-corrected chi connectivity index (χ2v) is 6.02. The van der Waals surface area contributed by atoms with E-state index in [4.69, 9.17) is 11.6 Å². The maximum Gasteiger partial charge on any atom is 0.238 e. The molecule has 0 bridgehead atoms. The summed E-state index contributed by atoms with van der Waals surface area (Å²) in [5.41, 5.74) is 2.42. The van der Waals surface area contributed by atoms with Gasteiger partial charge >= 0.3 is 0 Å². The molecular formula is C18H20ClN3O2. The van der Waals surface area contributed by atoms with E-state index < -0.39 is 0 Å². The fourth-order valence-electron chi connectivity index (χ4n) is 2.14.